The monoisotopic (exact) mass is 522 g/mol. The molecular formula is C30H31FO5S. The summed E-state index contributed by atoms with van der Waals surface area (Å²) in [5, 5.41) is 9.10. The first kappa shape index (κ1) is 25.5. The fraction of sp³-hybridized carbons (Fsp3) is 0.367. The van der Waals surface area contributed by atoms with Gasteiger partial charge < -0.3 is 19.3 Å². The molecule has 7 heteroatoms. The number of hydrogen-bond donors (Lipinski definition) is 1. The number of rotatable bonds is 10. The maximum absolute atomic E-state index is 15.1. The second-order valence-electron chi connectivity index (χ2n) is 9.56. The summed E-state index contributed by atoms with van der Waals surface area (Å²) in [5.41, 5.74) is 5.79. The van der Waals surface area contributed by atoms with Gasteiger partial charge in [0, 0.05) is 23.1 Å². The van der Waals surface area contributed by atoms with E-state index in [1.165, 1.54) is 5.56 Å². The van der Waals surface area contributed by atoms with E-state index in [1.54, 1.807) is 18.2 Å². The highest BCUT2D eigenvalue weighted by molar-refractivity contribution is 7.98. The second kappa shape index (κ2) is 11.5. The third kappa shape index (κ3) is 5.87. The van der Waals surface area contributed by atoms with E-state index in [-0.39, 0.29) is 24.8 Å². The molecule has 1 aliphatic carbocycles. The van der Waals surface area contributed by atoms with Crippen molar-refractivity contribution in [2.75, 3.05) is 25.2 Å². The third-order valence-electron chi connectivity index (χ3n) is 6.97. The van der Waals surface area contributed by atoms with E-state index in [0.29, 0.717) is 30.3 Å². The second-order valence-corrected chi connectivity index (χ2v) is 10.5. The fourth-order valence-corrected chi connectivity index (χ4v) is 5.51. The molecule has 1 N–H and O–H groups in total. The van der Waals surface area contributed by atoms with Crippen molar-refractivity contribution in [3.63, 3.8) is 0 Å². The van der Waals surface area contributed by atoms with Gasteiger partial charge >= 0.3 is 5.97 Å². The first-order valence-electron chi connectivity index (χ1n) is 12.7. The number of ether oxygens (including phenoxy) is 3. The van der Waals surface area contributed by atoms with Crippen molar-refractivity contribution in [2.24, 2.45) is 0 Å². The lowest BCUT2D eigenvalue weighted by Gasteiger charge is -2.15. The molecule has 1 atom stereocenters. The van der Waals surface area contributed by atoms with E-state index in [9.17, 15) is 4.79 Å². The molecule has 1 heterocycles. The number of carboxylic acid groups (broad SMARTS) is 1. The Morgan fingerprint density at radius 3 is 2.65 bits per heavy atom. The van der Waals surface area contributed by atoms with Crippen molar-refractivity contribution < 1.29 is 28.5 Å². The van der Waals surface area contributed by atoms with E-state index in [4.69, 9.17) is 19.3 Å². The average molecular weight is 523 g/mol. The van der Waals surface area contributed by atoms with Crippen LogP contribution < -0.4 is 14.2 Å². The van der Waals surface area contributed by atoms with Gasteiger partial charge in [-0.1, -0.05) is 12.1 Å². The van der Waals surface area contributed by atoms with E-state index in [0.717, 1.165) is 59.4 Å². The number of carboxylic acids is 1. The van der Waals surface area contributed by atoms with Crippen LogP contribution in [0.25, 0.3) is 11.1 Å². The molecule has 0 saturated carbocycles. The largest absolute Gasteiger partial charge is 0.494 e. The van der Waals surface area contributed by atoms with Gasteiger partial charge in [0.25, 0.3) is 0 Å². The molecule has 0 fully saturated rings. The summed E-state index contributed by atoms with van der Waals surface area (Å²) in [4.78, 5) is 11.1. The number of hydrogen-bond acceptors (Lipinski definition) is 5. The van der Waals surface area contributed by atoms with Crippen molar-refractivity contribution in [3.05, 3.63) is 76.6 Å². The Bertz CT molecular complexity index is 1290. The van der Waals surface area contributed by atoms with Gasteiger partial charge in [0.1, 0.15) is 29.7 Å². The normalized spacial score (nSPS) is 15.7. The Morgan fingerprint density at radius 1 is 1.05 bits per heavy atom. The molecular weight excluding hydrogens is 491 g/mol. The van der Waals surface area contributed by atoms with Gasteiger partial charge in [0.2, 0.25) is 0 Å². The Morgan fingerprint density at radius 2 is 1.84 bits per heavy atom. The van der Waals surface area contributed by atoms with E-state index in [1.807, 2.05) is 30.0 Å². The molecule has 0 amide bonds. The first-order valence-corrected chi connectivity index (χ1v) is 14.1. The number of halogens is 1. The van der Waals surface area contributed by atoms with Crippen LogP contribution in [0.4, 0.5) is 4.39 Å². The van der Waals surface area contributed by atoms with Crippen molar-refractivity contribution in [2.45, 2.75) is 44.6 Å². The first-order chi connectivity index (χ1) is 18.0. The highest BCUT2D eigenvalue weighted by Crippen LogP contribution is 2.39. The number of aryl methyl sites for hydroxylation is 2. The number of thioether (sulfide) groups is 1. The quantitative estimate of drug-likeness (QED) is 0.301. The Labute approximate surface area is 220 Å². The van der Waals surface area contributed by atoms with E-state index >= 15 is 4.39 Å². The number of aliphatic carboxylic acids is 1. The lowest BCUT2D eigenvalue weighted by atomic mass is 9.94. The van der Waals surface area contributed by atoms with Crippen LogP contribution in [0.5, 0.6) is 17.2 Å². The van der Waals surface area contributed by atoms with Gasteiger partial charge in [-0.15, -0.1) is 0 Å². The Balaban J connectivity index is 1.33. The van der Waals surface area contributed by atoms with Gasteiger partial charge in [-0.3, -0.25) is 4.79 Å². The molecule has 194 valence electrons. The van der Waals surface area contributed by atoms with Crippen LogP contribution in [0.1, 0.15) is 47.4 Å². The molecule has 0 aromatic heterocycles. The number of benzene rings is 3. The summed E-state index contributed by atoms with van der Waals surface area (Å²) >= 11 is 1.82. The van der Waals surface area contributed by atoms with Gasteiger partial charge in [-0.2, -0.15) is 11.8 Å². The van der Waals surface area contributed by atoms with Crippen molar-refractivity contribution in [1.82, 2.24) is 0 Å². The predicted molar refractivity (Wildman–Crippen MR) is 144 cm³/mol. The molecule has 5 nitrogen and oxygen atoms in total. The molecule has 5 rings (SSSR count). The van der Waals surface area contributed by atoms with Crippen LogP contribution in [-0.2, 0) is 24.2 Å². The molecule has 0 bridgehead atoms. The van der Waals surface area contributed by atoms with Gasteiger partial charge in [-0.25, -0.2) is 4.39 Å². The summed E-state index contributed by atoms with van der Waals surface area (Å²) in [6.07, 6.45) is 5.86. The van der Waals surface area contributed by atoms with Crippen LogP contribution in [-0.4, -0.2) is 36.3 Å². The third-order valence-corrected chi connectivity index (χ3v) is 7.67. The van der Waals surface area contributed by atoms with Crippen LogP contribution in [0.15, 0.2) is 48.5 Å². The van der Waals surface area contributed by atoms with Crippen molar-refractivity contribution in [3.8, 4) is 28.4 Å². The SMILES string of the molecule is CSCCCOc1ccc2c(c1)CCCc1cc(F)c(COc3ccc4c(c3)OCC4CC(=O)O)cc1-2. The maximum Gasteiger partial charge on any atom is 0.304 e. The van der Waals surface area contributed by atoms with Crippen molar-refractivity contribution in [1.29, 1.82) is 0 Å². The fourth-order valence-electron chi connectivity index (χ4n) is 5.11. The minimum atomic E-state index is -0.850. The summed E-state index contributed by atoms with van der Waals surface area (Å²) in [7, 11) is 0. The number of carbonyl (C=O) groups is 1. The summed E-state index contributed by atoms with van der Waals surface area (Å²) < 4.78 is 32.6. The summed E-state index contributed by atoms with van der Waals surface area (Å²) in [5.74, 6) is 1.88. The van der Waals surface area contributed by atoms with Gasteiger partial charge in [0.15, 0.2) is 0 Å². The molecule has 2 aliphatic rings. The van der Waals surface area contributed by atoms with E-state index < -0.39 is 5.97 Å². The molecule has 0 radical (unpaired) electrons. The van der Waals surface area contributed by atoms with Crippen LogP contribution in [0, 0.1) is 5.82 Å². The molecule has 37 heavy (non-hydrogen) atoms. The Kier molecular flexibility index (Phi) is 7.89. The van der Waals surface area contributed by atoms with Crippen LogP contribution in [0.3, 0.4) is 0 Å². The highest BCUT2D eigenvalue weighted by Gasteiger charge is 2.27. The topological polar surface area (TPSA) is 65.0 Å². The van der Waals surface area contributed by atoms with Gasteiger partial charge in [-0.05, 0) is 90.3 Å². The molecule has 1 aliphatic heterocycles. The lowest BCUT2D eigenvalue weighted by molar-refractivity contribution is -0.137. The number of fused-ring (bicyclic) bond motifs is 4. The zero-order valence-corrected chi connectivity index (χ0v) is 21.7. The summed E-state index contributed by atoms with van der Waals surface area (Å²) in [6, 6.07) is 15.2. The van der Waals surface area contributed by atoms with Crippen molar-refractivity contribution >= 4 is 17.7 Å². The standard InChI is InChI=1S/C30H31FO5S/c1-37-11-3-10-34-23-6-8-25-19(12-23)4-2-5-20-14-28(31)22(13-27(20)25)18-35-24-7-9-26-21(15-30(32)33)17-36-29(26)16-24/h6-9,12-14,16,21H,2-5,10-11,15,17-18H2,1H3,(H,32,33). The zero-order chi connectivity index (χ0) is 25.8. The predicted octanol–water partition coefficient (Wildman–Crippen LogP) is 6.64. The Hall–Kier alpha value is -3.19. The summed E-state index contributed by atoms with van der Waals surface area (Å²) in [6.45, 7) is 1.13. The molecule has 0 spiro atoms. The van der Waals surface area contributed by atoms with Gasteiger partial charge in [0.05, 0.1) is 19.6 Å². The minimum absolute atomic E-state index is 0.0284. The molecule has 1 unspecified atom stereocenters. The lowest BCUT2D eigenvalue weighted by Crippen LogP contribution is -2.07. The molecule has 0 saturated heterocycles. The smallest absolute Gasteiger partial charge is 0.304 e. The zero-order valence-electron chi connectivity index (χ0n) is 20.9. The molecule has 3 aromatic carbocycles. The minimum Gasteiger partial charge on any atom is -0.494 e. The van der Waals surface area contributed by atoms with Crippen LogP contribution >= 0.6 is 11.8 Å². The average Bonchev–Trinajstić information content (AvgIpc) is 3.18. The highest BCUT2D eigenvalue weighted by atomic mass is 32.2. The maximum atomic E-state index is 15.1. The molecule has 3 aromatic rings. The van der Waals surface area contributed by atoms with E-state index in [2.05, 4.69) is 18.4 Å². The van der Waals surface area contributed by atoms with Crippen LogP contribution in [0.2, 0.25) is 0 Å².